The summed E-state index contributed by atoms with van der Waals surface area (Å²) in [5.74, 6) is -0.404. The number of hydrogen-bond donors (Lipinski definition) is 2. The van der Waals surface area contributed by atoms with E-state index in [1.54, 1.807) is 6.92 Å². The zero-order valence-electron chi connectivity index (χ0n) is 8.66. The summed E-state index contributed by atoms with van der Waals surface area (Å²) in [7, 11) is 0. The van der Waals surface area contributed by atoms with Gasteiger partial charge in [-0.25, -0.2) is 9.97 Å². The predicted octanol–water partition coefficient (Wildman–Crippen LogP) is 1.10. The van der Waals surface area contributed by atoms with E-state index < -0.39 is 5.97 Å². The summed E-state index contributed by atoms with van der Waals surface area (Å²) in [6, 6.07) is 0. The molecule has 16 heavy (non-hydrogen) atoms. The summed E-state index contributed by atoms with van der Waals surface area (Å²) in [4.78, 5) is 18.7. The number of anilines is 1. The smallest absolute Gasteiger partial charge is 0.325 e. The van der Waals surface area contributed by atoms with Gasteiger partial charge >= 0.3 is 5.97 Å². The molecule has 1 aromatic heterocycles. The standard InChI is InChI=1S/C9H11ClN4O2/c1-2-16-7(15)4-12-8-6(3-11)13-5-14-9(8)10/h3,5,11-12H,2,4H2,1H3. The van der Waals surface area contributed by atoms with Crippen LogP contribution < -0.4 is 5.32 Å². The largest absolute Gasteiger partial charge is 0.465 e. The molecule has 1 aromatic rings. The molecular formula is C9H11ClN4O2. The Morgan fingerprint density at radius 1 is 1.69 bits per heavy atom. The van der Waals surface area contributed by atoms with E-state index in [0.29, 0.717) is 18.0 Å². The molecule has 1 rings (SSSR count). The first-order chi connectivity index (χ1) is 7.69. The Labute approximate surface area is 97.5 Å². The number of carbonyl (C=O) groups is 1. The molecule has 1 heterocycles. The second-order valence-corrected chi connectivity index (χ2v) is 3.09. The van der Waals surface area contributed by atoms with Gasteiger partial charge in [-0.05, 0) is 6.92 Å². The minimum absolute atomic E-state index is 0.0399. The van der Waals surface area contributed by atoms with Crippen molar-refractivity contribution in [3.8, 4) is 0 Å². The average molecular weight is 243 g/mol. The van der Waals surface area contributed by atoms with Gasteiger partial charge in [-0.2, -0.15) is 0 Å². The number of esters is 1. The third-order valence-electron chi connectivity index (χ3n) is 1.68. The molecule has 2 N–H and O–H groups in total. The van der Waals surface area contributed by atoms with Gasteiger partial charge in [0.15, 0.2) is 5.15 Å². The number of hydrogen-bond acceptors (Lipinski definition) is 6. The molecule has 0 aliphatic heterocycles. The second-order valence-electron chi connectivity index (χ2n) is 2.73. The Bertz CT molecular complexity index is 397. The van der Waals surface area contributed by atoms with Crippen LogP contribution in [-0.4, -0.2) is 35.3 Å². The average Bonchev–Trinajstić information content (AvgIpc) is 2.27. The zero-order valence-corrected chi connectivity index (χ0v) is 9.41. The zero-order chi connectivity index (χ0) is 12.0. The first kappa shape index (κ1) is 12.4. The molecule has 6 nitrogen and oxygen atoms in total. The van der Waals surface area contributed by atoms with Crippen molar-refractivity contribution in [3.05, 3.63) is 17.2 Å². The normalized spacial score (nSPS) is 9.62. The summed E-state index contributed by atoms with van der Waals surface area (Å²) in [5.41, 5.74) is 0.677. The second kappa shape index (κ2) is 6.02. The molecule has 7 heteroatoms. The minimum atomic E-state index is -0.404. The molecular weight excluding hydrogens is 232 g/mol. The number of halogens is 1. The van der Waals surface area contributed by atoms with Crippen LogP contribution in [0, 0.1) is 5.41 Å². The lowest BCUT2D eigenvalue weighted by molar-refractivity contribution is -0.140. The van der Waals surface area contributed by atoms with Gasteiger partial charge in [-0.3, -0.25) is 4.79 Å². The highest BCUT2D eigenvalue weighted by Gasteiger charge is 2.09. The summed E-state index contributed by atoms with van der Waals surface area (Å²) in [6.45, 7) is 2.00. The van der Waals surface area contributed by atoms with Crippen molar-refractivity contribution < 1.29 is 9.53 Å². The van der Waals surface area contributed by atoms with Crippen LogP contribution in [-0.2, 0) is 9.53 Å². The lowest BCUT2D eigenvalue weighted by Gasteiger charge is -2.08. The molecule has 0 aromatic carbocycles. The Morgan fingerprint density at radius 3 is 3.06 bits per heavy atom. The van der Waals surface area contributed by atoms with Crippen LogP contribution in [0.3, 0.4) is 0 Å². The van der Waals surface area contributed by atoms with E-state index in [0.717, 1.165) is 6.21 Å². The van der Waals surface area contributed by atoms with Crippen LogP contribution in [0.1, 0.15) is 12.6 Å². The minimum Gasteiger partial charge on any atom is -0.465 e. The van der Waals surface area contributed by atoms with Crippen LogP contribution in [0.2, 0.25) is 5.15 Å². The molecule has 0 atom stereocenters. The van der Waals surface area contributed by atoms with Gasteiger partial charge in [-0.15, -0.1) is 0 Å². The quantitative estimate of drug-likeness (QED) is 0.459. The number of nitrogens with one attached hydrogen (secondary N) is 2. The molecule has 0 unspecified atom stereocenters. The summed E-state index contributed by atoms with van der Waals surface area (Å²) in [5, 5.41) is 10.0. The van der Waals surface area contributed by atoms with Crippen LogP contribution >= 0.6 is 11.6 Å². The SMILES string of the molecule is CCOC(=O)CNc1c(Cl)ncnc1C=N. The van der Waals surface area contributed by atoms with Crippen molar-refractivity contribution in [1.29, 1.82) is 5.41 Å². The number of nitrogens with zero attached hydrogens (tertiary/aromatic N) is 2. The van der Waals surface area contributed by atoms with E-state index >= 15 is 0 Å². The molecule has 0 fully saturated rings. The Kier molecular flexibility index (Phi) is 4.65. The van der Waals surface area contributed by atoms with Gasteiger partial charge in [-0.1, -0.05) is 11.6 Å². The number of ether oxygens (including phenoxy) is 1. The van der Waals surface area contributed by atoms with Gasteiger partial charge in [0.25, 0.3) is 0 Å². The van der Waals surface area contributed by atoms with Crippen molar-refractivity contribution in [3.63, 3.8) is 0 Å². The maximum absolute atomic E-state index is 11.1. The molecule has 0 radical (unpaired) electrons. The molecule has 0 spiro atoms. The topological polar surface area (TPSA) is 88.0 Å². The maximum Gasteiger partial charge on any atom is 0.325 e. The van der Waals surface area contributed by atoms with Crippen LogP contribution in [0.4, 0.5) is 5.69 Å². The number of rotatable bonds is 5. The van der Waals surface area contributed by atoms with E-state index in [1.807, 2.05) is 0 Å². The van der Waals surface area contributed by atoms with Crippen molar-refractivity contribution in [2.24, 2.45) is 0 Å². The molecule has 86 valence electrons. The summed E-state index contributed by atoms with van der Waals surface area (Å²) < 4.78 is 4.73. The van der Waals surface area contributed by atoms with Crippen molar-refractivity contribution in [2.75, 3.05) is 18.5 Å². The van der Waals surface area contributed by atoms with E-state index in [1.165, 1.54) is 6.33 Å². The Morgan fingerprint density at radius 2 is 2.44 bits per heavy atom. The molecule has 0 amide bonds. The van der Waals surface area contributed by atoms with Gasteiger partial charge in [0, 0.05) is 6.21 Å². The number of aromatic nitrogens is 2. The van der Waals surface area contributed by atoms with Crippen LogP contribution in [0.15, 0.2) is 6.33 Å². The molecule has 0 aliphatic rings. The highest BCUT2D eigenvalue weighted by molar-refractivity contribution is 6.32. The Balaban J connectivity index is 2.72. The molecule has 0 bridgehead atoms. The predicted molar refractivity (Wildman–Crippen MR) is 60.1 cm³/mol. The first-order valence-electron chi connectivity index (χ1n) is 4.59. The third kappa shape index (κ3) is 3.16. The summed E-state index contributed by atoms with van der Waals surface area (Å²) >= 11 is 5.80. The monoisotopic (exact) mass is 242 g/mol. The maximum atomic E-state index is 11.1. The van der Waals surface area contributed by atoms with Crippen LogP contribution in [0.25, 0.3) is 0 Å². The highest BCUT2D eigenvalue weighted by atomic mass is 35.5. The van der Waals surface area contributed by atoms with Gasteiger partial charge in [0.1, 0.15) is 24.3 Å². The fourth-order valence-corrected chi connectivity index (χ4v) is 1.23. The van der Waals surface area contributed by atoms with Crippen molar-refractivity contribution in [1.82, 2.24) is 9.97 Å². The van der Waals surface area contributed by atoms with E-state index in [4.69, 9.17) is 21.7 Å². The molecule has 0 aliphatic carbocycles. The first-order valence-corrected chi connectivity index (χ1v) is 4.97. The van der Waals surface area contributed by atoms with Gasteiger partial charge < -0.3 is 15.5 Å². The van der Waals surface area contributed by atoms with Gasteiger partial charge in [0.05, 0.1) is 6.61 Å². The van der Waals surface area contributed by atoms with E-state index in [9.17, 15) is 4.79 Å². The fourth-order valence-electron chi connectivity index (χ4n) is 1.02. The van der Waals surface area contributed by atoms with Crippen molar-refractivity contribution in [2.45, 2.75) is 6.92 Å². The molecule has 0 saturated heterocycles. The fraction of sp³-hybridized carbons (Fsp3) is 0.333. The lowest BCUT2D eigenvalue weighted by Crippen LogP contribution is -2.18. The van der Waals surface area contributed by atoms with E-state index in [2.05, 4.69) is 15.3 Å². The summed E-state index contributed by atoms with van der Waals surface area (Å²) in [6.07, 6.45) is 2.28. The molecule has 0 saturated carbocycles. The lowest BCUT2D eigenvalue weighted by atomic mass is 10.3. The third-order valence-corrected chi connectivity index (χ3v) is 1.97. The van der Waals surface area contributed by atoms with Crippen LogP contribution in [0.5, 0.6) is 0 Å². The Hall–Kier alpha value is -1.69. The number of carbonyl (C=O) groups excluding carboxylic acids is 1. The highest BCUT2D eigenvalue weighted by Crippen LogP contribution is 2.19. The van der Waals surface area contributed by atoms with Gasteiger partial charge in [0.2, 0.25) is 0 Å². The van der Waals surface area contributed by atoms with E-state index in [-0.39, 0.29) is 11.7 Å². The van der Waals surface area contributed by atoms with Crippen molar-refractivity contribution >= 4 is 29.5 Å².